The highest BCUT2D eigenvalue weighted by molar-refractivity contribution is 5.82. The number of benzene rings is 2. The molecule has 130 valence electrons. The highest BCUT2D eigenvalue weighted by Crippen LogP contribution is 2.27. The van der Waals surface area contributed by atoms with Crippen molar-refractivity contribution in [1.82, 2.24) is 10.5 Å². The number of ether oxygens (including phenoxy) is 1. The zero-order chi connectivity index (χ0) is 17.8. The summed E-state index contributed by atoms with van der Waals surface area (Å²) in [6.45, 7) is 0.498. The third-order valence-corrected chi connectivity index (χ3v) is 3.70. The highest BCUT2D eigenvalue weighted by Gasteiger charge is 2.18. The molecule has 0 amide bonds. The number of rotatable bonds is 7. The molecule has 3 rings (SSSR count). The number of nitrogens with one attached hydrogen (secondary N) is 1. The highest BCUT2D eigenvalue weighted by atomic mass is 19.1. The standard InChI is InChI=1S/C17H16FN3O4/c1-19-10-14(8-11-3-2-4-13(7-11)21(22)23)24-17-15-6-5-12(18)9-16(15)25-20-17/h2-7,9,14,19H,8,10H2,1H3. The van der Waals surface area contributed by atoms with Crippen molar-refractivity contribution in [3.05, 3.63) is 64.0 Å². The maximum atomic E-state index is 13.2. The molecule has 0 fully saturated rings. The van der Waals surface area contributed by atoms with Gasteiger partial charge in [-0.15, -0.1) is 0 Å². The van der Waals surface area contributed by atoms with Gasteiger partial charge < -0.3 is 14.6 Å². The molecule has 0 aliphatic rings. The van der Waals surface area contributed by atoms with Gasteiger partial charge in [0.15, 0.2) is 5.58 Å². The Hall–Kier alpha value is -3.00. The van der Waals surface area contributed by atoms with Crippen molar-refractivity contribution in [1.29, 1.82) is 0 Å². The van der Waals surface area contributed by atoms with Crippen LogP contribution >= 0.6 is 0 Å². The molecule has 1 atom stereocenters. The van der Waals surface area contributed by atoms with Crippen LogP contribution in [0.15, 0.2) is 47.0 Å². The molecule has 0 aliphatic carbocycles. The molecule has 7 nitrogen and oxygen atoms in total. The summed E-state index contributed by atoms with van der Waals surface area (Å²) < 4.78 is 24.2. The van der Waals surface area contributed by atoms with Gasteiger partial charge in [-0.3, -0.25) is 10.1 Å². The van der Waals surface area contributed by atoms with Gasteiger partial charge in [0, 0.05) is 31.2 Å². The van der Waals surface area contributed by atoms with Crippen LogP contribution in [0.3, 0.4) is 0 Å². The van der Waals surface area contributed by atoms with Crippen molar-refractivity contribution in [2.45, 2.75) is 12.5 Å². The van der Waals surface area contributed by atoms with Crippen molar-refractivity contribution in [2.75, 3.05) is 13.6 Å². The van der Waals surface area contributed by atoms with E-state index in [9.17, 15) is 14.5 Å². The lowest BCUT2D eigenvalue weighted by atomic mass is 10.1. The maximum Gasteiger partial charge on any atom is 0.269 e. The summed E-state index contributed by atoms with van der Waals surface area (Å²) in [6, 6.07) is 10.5. The summed E-state index contributed by atoms with van der Waals surface area (Å²) in [5, 5.41) is 18.3. The second-order valence-electron chi connectivity index (χ2n) is 5.56. The normalized spacial score (nSPS) is 12.2. The van der Waals surface area contributed by atoms with Crippen LogP contribution in [0.5, 0.6) is 5.88 Å². The summed E-state index contributed by atoms with van der Waals surface area (Å²) in [6.07, 6.45) is 0.114. The SMILES string of the molecule is CNCC(Cc1cccc([N+](=O)[O-])c1)Oc1noc2cc(F)ccc12. The van der Waals surface area contributed by atoms with E-state index in [1.165, 1.54) is 24.3 Å². The summed E-state index contributed by atoms with van der Waals surface area (Å²) >= 11 is 0. The number of halogens is 1. The molecule has 8 heteroatoms. The molecule has 25 heavy (non-hydrogen) atoms. The van der Waals surface area contributed by atoms with Gasteiger partial charge in [-0.2, -0.15) is 0 Å². The molecule has 0 saturated carbocycles. The summed E-state index contributed by atoms with van der Waals surface area (Å²) in [5.41, 5.74) is 1.10. The van der Waals surface area contributed by atoms with Crippen molar-refractivity contribution < 1.29 is 18.6 Å². The van der Waals surface area contributed by atoms with Crippen LogP contribution in [-0.2, 0) is 6.42 Å². The molecule has 3 aromatic rings. The van der Waals surface area contributed by atoms with E-state index < -0.39 is 10.7 Å². The minimum atomic E-state index is -0.433. The zero-order valence-electron chi connectivity index (χ0n) is 13.4. The molecule has 1 heterocycles. The van der Waals surface area contributed by atoms with Crippen molar-refractivity contribution >= 4 is 16.7 Å². The first-order valence-electron chi connectivity index (χ1n) is 7.66. The first-order valence-corrected chi connectivity index (χ1v) is 7.66. The Bertz CT molecular complexity index is 896. The van der Waals surface area contributed by atoms with Crippen LogP contribution in [0.25, 0.3) is 11.0 Å². The number of hydrogen-bond donors (Lipinski definition) is 1. The maximum absolute atomic E-state index is 13.2. The summed E-state index contributed by atoms with van der Waals surface area (Å²) in [7, 11) is 1.78. The lowest BCUT2D eigenvalue weighted by Crippen LogP contribution is -2.31. The molecule has 0 saturated heterocycles. The lowest BCUT2D eigenvalue weighted by molar-refractivity contribution is -0.384. The van der Waals surface area contributed by atoms with Gasteiger partial charge in [-0.1, -0.05) is 12.1 Å². The van der Waals surface area contributed by atoms with Crippen molar-refractivity contribution in [3.8, 4) is 5.88 Å². The van der Waals surface area contributed by atoms with E-state index in [-0.39, 0.29) is 17.7 Å². The Morgan fingerprint density at radius 2 is 2.20 bits per heavy atom. The molecule has 1 N–H and O–H groups in total. The van der Waals surface area contributed by atoms with Gasteiger partial charge in [-0.25, -0.2) is 4.39 Å². The molecule has 0 bridgehead atoms. The van der Waals surface area contributed by atoms with E-state index in [1.807, 2.05) is 0 Å². The van der Waals surface area contributed by atoms with Crippen LogP contribution in [0.1, 0.15) is 5.56 Å². The third-order valence-electron chi connectivity index (χ3n) is 3.70. The van der Waals surface area contributed by atoms with Crippen LogP contribution in [0.2, 0.25) is 0 Å². The van der Waals surface area contributed by atoms with E-state index >= 15 is 0 Å². The summed E-state index contributed by atoms with van der Waals surface area (Å²) in [4.78, 5) is 10.5. The Labute approximate surface area is 142 Å². The molecule has 0 aliphatic heterocycles. The van der Waals surface area contributed by atoms with Gasteiger partial charge in [0.05, 0.1) is 10.3 Å². The van der Waals surface area contributed by atoms with Gasteiger partial charge in [0.2, 0.25) is 0 Å². The number of likely N-dealkylation sites (N-methyl/N-ethyl adjacent to an activating group) is 1. The molecule has 0 radical (unpaired) electrons. The van der Waals surface area contributed by atoms with Crippen LogP contribution in [0, 0.1) is 15.9 Å². The minimum Gasteiger partial charge on any atom is -0.470 e. The lowest BCUT2D eigenvalue weighted by Gasteiger charge is -2.17. The number of nitrogens with zero attached hydrogens (tertiary/aromatic N) is 2. The fourth-order valence-electron chi connectivity index (χ4n) is 2.57. The number of fused-ring (bicyclic) bond motifs is 1. The molecule has 2 aromatic carbocycles. The molecular formula is C17H16FN3O4. The Morgan fingerprint density at radius 3 is 2.96 bits per heavy atom. The predicted molar refractivity (Wildman–Crippen MR) is 89.1 cm³/mol. The van der Waals surface area contributed by atoms with Gasteiger partial charge in [-0.05, 0) is 29.9 Å². The van der Waals surface area contributed by atoms with Gasteiger partial charge >= 0.3 is 0 Å². The Morgan fingerprint density at radius 1 is 1.36 bits per heavy atom. The zero-order valence-corrected chi connectivity index (χ0v) is 13.4. The second kappa shape index (κ2) is 7.27. The number of aromatic nitrogens is 1. The molecular weight excluding hydrogens is 329 g/mol. The minimum absolute atomic E-state index is 0.0306. The average molecular weight is 345 g/mol. The van der Waals surface area contributed by atoms with E-state index in [1.54, 1.807) is 25.2 Å². The fraction of sp³-hybridized carbons (Fsp3) is 0.235. The topological polar surface area (TPSA) is 90.4 Å². The van der Waals surface area contributed by atoms with Crippen LogP contribution < -0.4 is 10.1 Å². The largest absolute Gasteiger partial charge is 0.470 e. The number of nitro groups is 1. The van der Waals surface area contributed by atoms with E-state index in [0.717, 1.165) is 5.56 Å². The van der Waals surface area contributed by atoms with Gasteiger partial charge in [0.25, 0.3) is 11.6 Å². The monoisotopic (exact) mass is 345 g/mol. The van der Waals surface area contributed by atoms with Crippen LogP contribution in [0.4, 0.5) is 10.1 Å². The molecule has 0 spiro atoms. The third kappa shape index (κ3) is 3.92. The number of nitro benzene ring substituents is 1. The van der Waals surface area contributed by atoms with E-state index in [2.05, 4.69) is 10.5 Å². The van der Waals surface area contributed by atoms with Gasteiger partial charge in [0.1, 0.15) is 11.9 Å². The van der Waals surface area contributed by atoms with E-state index in [0.29, 0.717) is 23.9 Å². The smallest absolute Gasteiger partial charge is 0.269 e. The van der Waals surface area contributed by atoms with Crippen LogP contribution in [-0.4, -0.2) is 29.8 Å². The first kappa shape index (κ1) is 16.8. The fourth-order valence-corrected chi connectivity index (χ4v) is 2.57. The molecule has 1 unspecified atom stereocenters. The van der Waals surface area contributed by atoms with Crippen molar-refractivity contribution in [2.24, 2.45) is 0 Å². The van der Waals surface area contributed by atoms with E-state index in [4.69, 9.17) is 9.26 Å². The number of non-ortho nitro benzene ring substituents is 1. The summed E-state index contributed by atoms with van der Waals surface area (Å²) in [5.74, 6) is -0.153. The Balaban J connectivity index is 1.81. The Kier molecular flexibility index (Phi) is 4.90. The average Bonchev–Trinajstić information content (AvgIpc) is 2.97. The first-order chi connectivity index (χ1) is 12.1. The number of hydrogen-bond acceptors (Lipinski definition) is 6. The van der Waals surface area contributed by atoms with Crippen molar-refractivity contribution in [3.63, 3.8) is 0 Å². The predicted octanol–water partition coefficient (Wildman–Crippen LogP) is 3.08. The quantitative estimate of drug-likeness (QED) is 0.523. The molecule has 1 aromatic heterocycles. The second-order valence-corrected chi connectivity index (χ2v) is 5.56.